The van der Waals surface area contributed by atoms with E-state index < -0.39 is 6.10 Å². The van der Waals surface area contributed by atoms with E-state index in [1.165, 1.54) is 11.8 Å². The van der Waals surface area contributed by atoms with Crippen molar-refractivity contribution in [3.05, 3.63) is 29.8 Å². The number of thioether (sulfide) groups is 1. The van der Waals surface area contributed by atoms with E-state index in [1.54, 1.807) is 6.92 Å². The molecule has 1 aromatic rings. The first-order valence-corrected chi connectivity index (χ1v) is 7.91. The number of benzene rings is 1. The fraction of sp³-hybridized carbons (Fsp3) is 0.533. The van der Waals surface area contributed by atoms with Crippen molar-refractivity contribution in [1.29, 1.82) is 0 Å². The maximum Gasteiger partial charge on any atom is 0.230 e. The van der Waals surface area contributed by atoms with Crippen LogP contribution in [0.1, 0.15) is 31.4 Å². The van der Waals surface area contributed by atoms with E-state index in [9.17, 15) is 9.90 Å². The Bertz CT molecular complexity index is 427. The number of hydrogen-bond acceptors (Lipinski definition) is 4. The zero-order chi connectivity index (χ0) is 14.4. The van der Waals surface area contributed by atoms with Crippen molar-refractivity contribution in [2.75, 3.05) is 19.0 Å². The van der Waals surface area contributed by atoms with Crippen molar-refractivity contribution in [2.45, 2.75) is 36.8 Å². The van der Waals surface area contributed by atoms with Crippen LogP contribution in [0.25, 0.3) is 0 Å². The van der Waals surface area contributed by atoms with Gasteiger partial charge in [0.2, 0.25) is 5.91 Å². The summed E-state index contributed by atoms with van der Waals surface area (Å²) in [7, 11) is 0. The standard InChI is InChI=1S/C15H21NO3S/c1-11(17)12-2-4-14(5-3-12)20-10-15(18)16-13-6-8-19-9-7-13/h2-5,11,13,17H,6-10H2,1H3,(H,16,18). The summed E-state index contributed by atoms with van der Waals surface area (Å²) in [6.07, 6.45) is 1.35. The van der Waals surface area contributed by atoms with E-state index in [4.69, 9.17) is 4.74 Å². The minimum Gasteiger partial charge on any atom is -0.389 e. The number of carbonyl (C=O) groups excluding carboxylic acids is 1. The molecule has 1 aromatic carbocycles. The number of carbonyl (C=O) groups is 1. The fourth-order valence-corrected chi connectivity index (χ4v) is 2.81. The second kappa shape index (κ2) is 7.67. The molecule has 1 aliphatic rings. The smallest absolute Gasteiger partial charge is 0.230 e. The quantitative estimate of drug-likeness (QED) is 0.817. The summed E-state index contributed by atoms with van der Waals surface area (Å²) in [6, 6.07) is 7.92. The first-order valence-electron chi connectivity index (χ1n) is 6.93. The van der Waals surface area contributed by atoms with E-state index in [0.717, 1.165) is 36.5 Å². The van der Waals surface area contributed by atoms with Gasteiger partial charge < -0.3 is 15.2 Å². The lowest BCUT2D eigenvalue weighted by molar-refractivity contribution is -0.119. The zero-order valence-electron chi connectivity index (χ0n) is 11.7. The van der Waals surface area contributed by atoms with Gasteiger partial charge in [0.25, 0.3) is 0 Å². The Balaban J connectivity index is 1.74. The molecule has 1 atom stereocenters. The SMILES string of the molecule is CC(O)c1ccc(SCC(=O)NC2CCOCC2)cc1. The second-order valence-corrected chi connectivity index (χ2v) is 6.04. The molecule has 0 bridgehead atoms. The molecular formula is C15H21NO3S. The molecule has 1 amide bonds. The molecule has 0 spiro atoms. The van der Waals surface area contributed by atoms with Crippen LogP contribution in [0.3, 0.4) is 0 Å². The lowest BCUT2D eigenvalue weighted by Gasteiger charge is -2.23. The van der Waals surface area contributed by atoms with Crippen LogP contribution >= 0.6 is 11.8 Å². The van der Waals surface area contributed by atoms with E-state index in [0.29, 0.717) is 5.75 Å². The molecule has 4 nitrogen and oxygen atoms in total. The van der Waals surface area contributed by atoms with E-state index in [1.807, 2.05) is 24.3 Å². The molecule has 5 heteroatoms. The Labute approximate surface area is 123 Å². The third-order valence-corrected chi connectivity index (χ3v) is 4.33. The van der Waals surface area contributed by atoms with Crippen LogP contribution in [-0.2, 0) is 9.53 Å². The predicted molar refractivity (Wildman–Crippen MR) is 79.8 cm³/mol. The Morgan fingerprint density at radius 2 is 2.05 bits per heavy atom. The van der Waals surface area contributed by atoms with Crippen LogP contribution in [-0.4, -0.2) is 36.0 Å². The molecule has 110 valence electrons. The summed E-state index contributed by atoms with van der Waals surface area (Å²) >= 11 is 1.51. The average Bonchev–Trinajstić information content (AvgIpc) is 2.46. The summed E-state index contributed by atoms with van der Waals surface area (Å²) in [5, 5.41) is 12.5. The summed E-state index contributed by atoms with van der Waals surface area (Å²) in [4.78, 5) is 12.9. The lowest BCUT2D eigenvalue weighted by Crippen LogP contribution is -2.39. The number of nitrogens with one attached hydrogen (secondary N) is 1. The highest BCUT2D eigenvalue weighted by Crippen LogP contribution is 2.21. The first-order chi connectivity index (χ1) is 9.65. The Hall–Kier alpha value is -1.04. The summed E-state index contributed by atoms with van der Waals surface area (Å²) in [5.41, 5.74) is 0.890. The molecule has 1 unspecified atom stereocenters. The Kier molecular flexibility index (Phi) is 5.88. The molecule has 0 saturated carbocycles. The molecule has 20 heavy (non-hydrogen) atoms. The molecule has 1 aliphatic heterocycles. The third kappa shape index (κ3) is 4.81. The van der Waals surface area contributed by atoms with Crippen molar-refractivity contribution >= 4 is 17.7 Å². The molecule has 0 aromatic heterocycles. The normalized spacial score (nSPS) is 17.7. The van der Waals surface area contributed by atoms with Crippen LogP contribution in [0.4, 0.5) is 0 Å². The predicted octanol–water partition coefficient (Wildman–Crippen LogP) is 2.13. The maximum absolute atomic E-state index is 11.8. The monoisotopic (exact) mass is 295 g/mol. The number of ether oxygens (including phenoxy) is 1. The summed E-state index contributed by atoms with van der Waals surface area (Å²) in [5.74, 6) is 0.493. The van der Waals surface area contributed by atoms with Gasteiger partial charge in [0.1, 0.15) is 0 Å². The first kappa shape index (κ1) is 15.4. The van der Waals surface area contributed by atoms with Crippen LogP contribution in [0.5, 0.6) is 0 Å². The molecule has 2 N–H and O–H groups in total. The van der Waals surface area contributed by atoms with Crippen molar-refractivity contribution in [3.8, 4) is 0 Å². The highest BCUT2D eigenvalue weighted by molar-refractivity contribution is 8.00. The van der Waals surface area contributed by atoms with E-state index in [-0.39, 0.29) is 11.9 Å². The van der Waals surface area contributed by atoms with Gasteiger partial charge in [-0.25, -0.2) is 0 Å². The van der Waals surface area contributed by atoms with Crippen molar-refractivity contribution in [1.82, 2.24) is 5.32 Å². The molecule has 1 heterocycles. The summed E-state index contributed by atoms with van der Waals surface area (Å²) < 4.78 is 5.26. The Morgan fingerprint density at radius 1 is 1.40 bits per heavy atom. The molecule has 0 aliphatic carbocycles. The van der Waals surface area contributed by atoms with Crippen LogP contribution in [0.2, 0.25) is 0 Å². The Morgan fingerprint density at radius 3 is 2.65 bits per heavy atom. The molecule has 1 fully saturated rings. The van der Waals surface area contributed by atoms with E-state index in [2.05, 4.69) is 5.32 Å². The van der Waals surface area contributed by atoms with Gasteiger partial charge in [0, 0.05) is 24.2 Å². The molecule has 1 saturated heterocycles. The number of aliphatic hydroxyl groups excluding tert-OH is 1. The number of aliphatic hydroxyl groups is 1. The van der Waals surface area contributed by atoms with Gasteiger partial charge >= 0.3 is 0 Å². The maximum atomic E-state index is 11.8. The van der Waals surface area contributed by atoms with E-state index >= 15 is 0 Å². The summed E-state index contributed by atoms with van der Waals surface area (Å²) in [6.45, 7) is 3.21. The second-order valence-electron chi connectivity index (χ2n) is 4.99. The molecular weight excluding hydrogens is 274 g/mol. The average molecular weight is 295 g/mol. The van der Waals surface area contributed by atoms with Crippen molar-refractivity contribution in [2.24, 2.45) is 0 Å². The van der Waals surface area contributed by atoms with Gasteiger partial charge in [-0.3, -0.25) is 4.79 Å². The highest BCUT2D eigenvalue weighted by atomic mass is 32.2. The minimum atomic E-state index is -0.453. The van der Waals surface area contributed by atoms with Gasteiger partial charge in [0.15, 0.2) is 0 Å². The van der Waals surface area contributed by atoms with Crippen LogP contribution < -0.4 is 5.32 Å². The van der Waals surface area contributed by atoms with Crippen molar-refractivity contribution in [3.63, 3.8) is 0 Å². The van der Waals surface area contributed by atoms with Gasteiger partial charge in [0.05, 0.1) is 11.9 Å². The topological polar surface area (TPSA) is 58.6 Å². The zero-order valence-corrected chi connectivity index (χ0v) is 12.5. The van der Waals surface area contributed by atoms with Gasteiger partial charge in [-0.15, -0.1) is 11.8 Å². The highest BCUT2D eigenvalue weighted by Gasteiger charge is 2.15. The van der Waals surface area contributed by atoms with Crippen LogP contribution in [0.15, 0.2) is 29.2 Å². The largest absolute Gasteiger partial charge is 0.389 e. The molecule has 2 rings (SSSR count). The third-order valence-electron chi connectivity index (χ3n) is 3.32. The molecule has 0 radical (unpaired) electrons. The van der Waals surface area contributed by atoms with Crippen molar-refractivity contribution < 1.29 is 14.6 Å². The van der Waals surface area contributed by atoms with Gasteiger partial charge in [-0.2, -0.15) is 0 Å². The fourth-order valence-electron chi connectivity index (χ4n) is 2.10. The van der Waals surface area contributed by atoms with Gasteiger partial charge in [-0.05, 0) is 37.5 Å². The lowest BCUT2D eigenvalue weighted by atomic mass is 10.1. The number of rotatable bonds is 5. The minimum absolute atomic E-state index is 0.0708. The number of hydrogen-bond donors (Lipinski definition) is 2. The van der Waals surface area contributed by atoms with Crippen LogP contribution in [0, 0.1) is 0 Å². The van der Waals surface area contributed by atoms with Gasteiger partial charge in [-0.1, -0.05) is 12.1 Å². The number of amides is 1.